The first-order chi connectivity index (χ1) is 18.7. The molecule has 1 aromatic heterocycles. The van der Waals surface area contributed by atoms with Crippen molar-refractivity contribution >= 4 is 11.0 Å². The highest BCUT2D eigenvalue weighted by atomic mass is 19.4. The third kappa shape index (κ3) is 5.94. The summed E-state index contributed by atoms with van der Waals surface area (Å²) in [5.41, 5.74) is 1.23. The van der Waals surface area contributed by atoms with Gasteiger partial charge in [0, 0.05) is 5.56 Å². The van der Waals surface area contributed by atoms with Crippen LogP contribution in [0.1, 0.15) is 29.4 Å². The molecular weight excluding hydrogens is 509 g/mol. The molecule has 6 nitrogen and oxygen atoms in total. The minimum atomic E-state index is -4.98. The number of phenols is 1. The van der Waals surface area contributed by atoms with E-state index in [-0.39, 0.29) is 34.6 Å². The Morgan fingerprint density at radius 3 is 2.13 bits per heavy atom. The standard InChI is InChI=1S/C30H29F3N2O4/c1-2-20-8-10-22(11-9-20)38-28-26(37)23-12-13-25(36)24(27(23)39-29(28)30(31,32)33)19-35-16-14-34(15-17-35)18-21-6-4-3-5-7-21/h3-13,36H,2,14-19H2,1H3/p+2. The molecule has 9 heteroatoms. The molecule has 0 radical (unpaired) electrons. The van der Waals surface area contributed by atoms with Gasteiger partial charge in [0.05, 0.1) is 10.9 Å². The van der Waals surface area contributed by atoms with Crippen LogP contribution in [0.15, 0.2) is 75.9 Å². The Hall–Kier alpha value is -3.82. The lowest BCUT2D eigenvalue weighted by atomic mass is 10.1. The van der Waals surface area contributed by atoms with Gasteiger partial charge >= 0.3 is 6.18 Å². The van der Waals surface area contributed by atoms with Gasteiger partial charge in [0.15, 0.2) is 5.58 Å². The van der Waals surface area contributed by atoms with Gasteiger partial charge in [-0.05, 0) is 36.2 Å². The van der Waals surface area contributed by atoms with Gasteiger partial charge < -0.3 is 24.1 Å². The molecule has 1 saturated heterocycles. The Bertz CT molecular complexity index is 1490. The van der Waals surface area contributed by atoms with Gasteiger partial charge in [-0.3, -0.25) is 4.79 Å². The average Bonchev–Trinajstić information content (AvgIpc) is 2.93. The molecule has 204 valence electrons. The number of phenolic OH excluding ortho intramolecular Hbond substituents is 1. The van der Waals surface area contributed by atoms with Crippen molar-refractivity contribution in [1.29, 1.82) is 0 Å². The summed E-state index contributed by atoms with van der Waals surface area (Å²) in [4.78, 5) is 15.8. The van der Waals surface area contributed by atoms with Gasteiger partial charge in [0.1, 0.15) is 50.8 Å². The maximum absolute atomic E-state index is 14.1. The van der Waals surface area contributed by atoms with Crippen molar-refractivity contribution in [1.82, 2.24) is 0 Å². The van der Waals surface area contributed by atoms with E-state index in [0.29, 0.717) is 0 Å². The first-order valence-corrected chi connectivity index (χ1v) is 13.1. The lowest BCUT2D eigenvalue weighted by molar-refractivity contribution is -1.02. The molecule has 3 N–H and O–H groups in total. The number of nitrogens with one attached hydrogen (secondary N) is 2. The molecule has 0 unspecified atom stereocenters. The number of aromatic hydroxyl groups is 1. The fourth-order valence-electron chi connectivity index (χ4n) is 5.09. The minimum Gasteiger partial charge on any atom is -0.507 e. The molecule has 1 aliphatic rings. The monoisotopic (exact) mass is 540 g/mol. The van der Waals surface area contributed by atoms with Crippen LogP contribution in [0.4, 0.5) is 13.2 Å². The van der Waals surface area contributed by atoms with Crippen molar-refractivity contribution in [2.45, 2.75) is 32.6 Å². The van der Waals surface area contributed by atoms with Gasteiger partial charge in [0.25, 0.3) is 5.76 Å². The average molecular weight is 541 g/mol. The largest absolute Gasteiger partial charge is 0.507 e. The minimum absolute atomic E-state index is 0.0660. The van der Waals surface area contributed by atoms with E-state index in [1.165, 1.54) is 34.7 Å². The second-order valence-corrected chi connectivity index (χ2v) is 9.97. The molecule has 0 saturated carbocycles. The highest BCUT2D eigenvalue weighted by molar-refractivity contribution is 5.83. The summed E-state index contributed by atoms with van der Waals surface area (Å²) in [7, 11) is 0. The van der Waals surface area contributed by atoms with Gasteiger partial charge in [-0.15, -0.1) is 0 Å². The summed E-state index contributed by atoms with van der Waals surface area (Å²) in [6, 6.07) is 19.3. The van der Waals surface area contributed by atoms with E-state index in [2.05, 4.69) is 12.1 Å². The van der Waals surface area contributed by atoms with Gasteiger partial charge in [-0.2, -0.15) is 13.2 Å². The number of rotatable bonds is 7. The summed E-state index contributed by atoms with van der Waals surface area (Å²) >= 11 is 0. The SMILES string of the molecule is CCc1ccc(Oc2c(C(F)(F)F)oc3c(C[NH+]4CC[NH+](Cc5ccccc5)CC4)c(O)ccc3c2=O)cc1. The van der Waals surface area contributed by atoms with Crippen LogP contribution in [0.5, 0.6) is 17.2 Å². The molecule has 0 aliphatic carbocycles. The Balaban J connectivity index is 1.43. The van der Waals surface area contributed by atoms with Crippen molar-refractivity contribution in [3.8, 4) is 17.2 Å². The van der Waals surface area contributed by atoms with E-state index in [9.17, 15) is 23.1 Å². The van der Waals surface area contributed by atoms with Gasteiger partial charge in [-0.1, -0.05) is 49.4 Å². The third-order valence-corrected chi connectivity index (χ3v) is 7.29. The van der Waals surface area contributed by atoms with Crippen LogP contribution in [0.2, 0.25) is 0 Å². The molecule has 1 aliphatic heterocycles. The summed E-state index contributed by atoms with van der Waals surface area (Å²) in [6.45, 7) is 6.38. The lowest BCUT2D eigenvalue weighted by Crippen LogP contribution is -3.27. The number of aryl methyl sites for hydroxylation is 1. The van der Waals surface area contributed by atoms with E-state index < -0.39 is 23.1 Å². The lowest BCUT2D eigenvalue weighted by Gasteiger charge is -2.30. The molecular formula is C30H31F3N2O4+2. The number of quaternary nitrogens is 2. The highest BCUT2D eigenvalue weighted by Crippen LogP contribution is 2.39. The number of ether oxygens (including phenoxy) is 1. The second-order valence-electron chi connectivity index (χ2n) is 9.97. The number of hydrogen-bond acceptors (Lipinski definition) is 4. The number of hydrogen-bond donors (Lipinski definition) is 3. The van der Waals surface area contributed by atoms with Crippen molar-refractivity contribution in [3.05, 3.63) is 99.4 Å². The smallest absolute Gasteiger partial charge is 0.453 e. The Morgan fingerprint density at radius 1 is 0.872 bits per heavy atom. The van der Waals surface area contributed by atoms with Crippen molar-refractivity contribution in [2.24, 2.45) is 0 Å². The van der Waals surface area contributed by atoms with Crippen LogP contribution in [0, 0.1) is 0 Å². The van der Waals surface area contributed by atoms with Gasteiger partial charge in [0.2, 0.25) is 11.2 Å². The zero-order valence-corrected chi connectivity index (χ0v) is 21.6. The van der Waals surface area contributed by atoms with Gasteiger partial charge in [-0.25, -0.2) is 0 Å². The quantitative estimate of drug-likeness (QED) is 0.337. The van der Waals surface area contributed by atoms with Crippen LogP contribution >= 0.6 is 0 Å². The number of piperazine rings is 1. The van der Waals surface area contributed by atoms with Crippen LogP contribution in [0.25, 0.3) is 11.0 Å². The number of fused-ring (bicyclic) bond motifs is 1. The van der Waals surface area contributed by atoms with E-state index in [1.807, 2.05) is 25.1 Å². The second kappa shape index (κ2) is 11.1. The van der Waals surface area contributed by atoms with Crippen molar-refractivity contribution in [2.75, 3.05) is 26.2 Å². The predicted molar refractivity (Wildman–Crippen MR) is 140 cm³/mol. The predicted octanol–water partition coefficient (Wildman–Crippen LogP) is 3.36. The zero-order chi connectivity index (χ0) is 27.6. The molecule has 0 atom stereocenters. The van der Waals surface area contributed by atoms with Crippen LogP contribution < -0.4 is 20.0 Å². The molecule has 0 amide bonds. The first-order valence-electron chi connectivity index (χ1n) is 13.1. The van der Waals surface area contributed by atoms with E-state index in [4.69, 9.17) is 9.15 Å². The molecule has 39 heavy (non-hydrogen) atoms. The maximum atomic E-state index is 14.1. The Morgan fingerprint density at radius 2 is 1.51 bits per heavy atom. The third-order valence-electron chi connectivity index (χ3n) is 7.29. The summed E-state index contributed by atoms with van der Waals surface area (Å²) in [5.74, 6) is -2.53. The number of halogens is 3. The van der Waals surface area contributed by atoms with Crippen LogP contribution in [-0.4, -0.2) is 31.3 Å². The topological polar surface area (TPSA) is 68.6 Å². The fraction of sp³-hybridized carbons (Fsp3) is 0.300. The van der Waals surface area contributed by atoms with Crippen LogP contribution in [0.3, 0.4) is 0 Å². The molecule has 3 aromatic carbocycles. The normalized spacial score (nSPS) is 17.8. The maximum Gasteiger partial charge on any atom is 0.453 e. The highest BCUT2D eigenvalue weighted by Gasteiger charge is 2.41. The Labute approximate surface area is 223 Å². The number of benzene rings is 3. The van der Waals surface area contributed by atoms with E-state index in [1.54, 1.807) is 12.1 Å². The van der Waals surface area contributed by atoms with Crippen molar-refractivity contribution < 1.29 is 37.2 Å². The molecule has 2 heterocycles. The summed E-state index contributed by atoms with van der Waals surface area (Å²) < 4.78 is 53.2. The first kappa shape index (κ1) is 26.8. The number of alkyl halides is 3. The van der Waals surface area contributed by atoms with E-state index >= 15 is 0 Å². The molecule has 1 fully saturated rings. The van der Waals surface area contributed by atoms with E-state index in [0.717, 1.165) is 49.6 Å². The summed E-state index contributed by atoms with van der Waals surface area (Å²) in [6.07, 6.45) is -4.22. The van der Waals surface area contributed by atoms with Crippen LogP contribution in [-0.2, 0) is 25.7 Å². The Kier molecular flexibility index (Phi) is 7.63. The molecule has 0 spiro atoms. The zero-order valence-electron chi connectivity index (χ0n) is 21.6. The molecule has 5 rings (SSSR count). The summed E-state index contributed by atoms with van der Waals surface area (Å²) in [5, 5.41) is 10.6. The molecule has 0 bridgehead atoms. The van der Waals surface area contributed by atoms with Crippen molar-refractivity contribution in [3.63, 3.8) is 0 Å². The molecule has 4 aromatic rings. The fourth-order valence-corrected chi connectivity index (χ4v) is 5.09.